The van der Waals surface area contributed by atoms with E-state index in [0.29, 0.717) is 16.5 Å². The number of rotatable bonds is 5. The van der Waals surface area contributed by atoms with Gasteiger partial charge < -0.3 is 10.1 Å². The molecule has 0 fully saturated rings. The fourth-order valence-corrected chi connectivity index (χ4v) is 3.30. The third kappa shape index (κ3) is 4.66. The maximum atomic E-state index is 12.4. The molecule has 2 aromatic carbocycles. The summed E-state index contributed by atoms with van der Waals surface area (Å²) in [4.78, 5) is 13.6. The number of amides is 1. The van der Waals surface area contributed by atoms with Gasteiger partial charge in [0.1, 0.15) is 5.75 Å². The number of anilines is 1. The van der Waals surface area contributed by atoms with Gasteiger partial charge in [0.2, 0.25) is 5.91 Å². The quantitative estimate of drug-likeness (QED) is 0.764. The monoisotopic (exact) mass is 349 g/mol. The molecule has 0 saturated carbocycles. The number of nitrogens with one attached hydrogen (secondary N) is 1. The van der Waals surface area contributed by atoms with Crippen molar-refractivity contribution in [2.75, 3.05) is 12.4 Å². The van der Waals surface area contributed by atoms with Crippen molar-refractivity contribution in [1.29, 1.82) is 0 Å². The number of hydrogen-bond acceptors (Lipinski definition) is 3. The van der Waals surface area contributed by atoms with Crippen molar-refractivity contribution in [1.82, 2.24) is 0 Å². The Hall–Kier alpha value is -1.65. The molecule has 1 atom stereocenters. The van der Waals surface area contributed by atoms with Crippen molar-refractivity contribution in [3.63, 3.8) is 0 Å². The van der Waals surface area contributed by atoms with Crippen LogP contribution in [0.4, 0.5) is 5.69 Å². The number of aryl methyl sites for hydroxylation is 2. The van der Waals surface area contributed by atoms with Gasteiger partial charge in [-0.2, -0.15) is 0 Å². The van der Waals surface area contributed by atoms with Crippen molar-refractivity contribution in [2.45, 2.75) is 30.9 Å². The summed E-state index contributed by atoms with van der Waals surface area (Å²) in [7, 11) is 1.56. The number of thioether (sulfide) groups is 1. The molecule has 23 heavy (non-hydrogen) atoms. The molecule has 5 heteroatoms. The smallest absolute Gasteiger partial charge is 0.237 e. The lowest BCUT2D eigenvalue weighted by molar-refractivity contribution is -0.115. The zero-order valence-electron chi connectivity index (χ0n) is 13.6. The summed E-state index contributed by atoms with van der Waals surface area (Å²) < 4.78 is 5.25. The van der Waals surface area contributed by atoms with Gasteiger partial charge in [-0.1, -0.05) is 29.3 Å². The van der Waals surface area contributed by atoms with Crippen LogP contribution in [0.15, 0.2) is 41.3 Å². The molecule has 0 saturated heterocycles. The molecule has 2 rings (SSSR count). The Kier molecular flexibility index (Phi) is 5.97. The number of ether oxygens (including phenoxy) is 1. The second-order valence-electron chi connectivity index (χ2n) is 5.36. The van der Waals surface area contributed by atoms with Crippen LogP contribution >= 0.6 is 23.4 Å². The van der Waals surface area contributed by atoms with Gasteiger partial charge in [0, 0.05) is 9.92 Å². The molecule has 0 bridgehead atoms. The topological polar surface area (TPSA) is 38.3 Å². The number of halogens is 1. The summed E-state index contributed by atoms with van der Waals surface area (Å²) in [6.07, 6.45) is 0. The van der Waals surface area contributed by atoms with E-state index in [2.05, 4.69) is 37.4 Å². The van der Waals surface area contributed by atoms with Crippen LogP contribution in [0, 0.1) is 13.8 Å². The first-order valence-corrected chi connectivity index (χ1v) is 8.55. The Morgan fingerprint density at radius 1 is 1.22 bits per heavy atom. The average molecular weight is 350 g/mol. The van der Waals surface area contributed by atoms with Crippen LogP contribution in [-0.2, 0) is 4.79 Å². The Balaban J connectivity index is 2.10. The van der Waals surface area contributed by atoms with Crippen molar-refractivity contribution >= 4 is 35.0 Å². The van der Waals surface area contributed by atoms with Gasteiger partial charge in [0.25, 0.3) is 0 Å². The Bertz CT molecular complexity index is 718. The van der Waals surface area contributed by atoms with E-state index in [4.69, 9.17) is 16.3 Å². The molecular weight excluding hydrogens is 330 g/mol. The summed E-state index contributed by atoms with van der Waals surface area (Å²) in [6, 6.07) is 11.4. The largest absolute Gasteiger partial charge is 0.495 e. The maximum absolute atomic E-state index is 12.4. The second-order valence-corrected chi connectivity index (χ2v) is 7.18. The highest BCUT2D eigenvalue weighted by Crippen LogP contribution is 2.31. The van der Waals surface area contributed by atoms with Gasteiger partial charge in [0.15, 0.2) is 0 Å². The Morgan fingerprint density at radius 2 is 1.96 bits per heavy atom. The highest BCUT2D eigenvalue weighted by atomic mass is 35.5. The van der Waals surface area contributed by atoms with Crippen molar-refractivity contribution < 1.29 is 9.53 Å². The minimum Gasteiger partial charge on any atom is -0.495 e. The first kappa shape index (κ1) is 17.7. The standard InChI is InChI=1S/C18H20ClNO2S/c1-11-5-8-17(12(2)9-11)23-13(3)18(21)20-15-10-14(19)6-7-16(15)22-4/h5-10,13H,1-4H3,(H,20,21). The molecule has 2 aromatic rings. The molecule has 0 aliphatic heterocycles. The first-order valence-electron chi connectivity index (χ1n) is 7.29. The van der Waals surface area contributed by atoms with Crippen LogP contribution in [0.3, 0.4) is 0 Å². The van der Waals surface area contributed by atoms with Gasteiger partial charge >= 0.3 is 0 Å². The summed E-state index contributed by atoms with van der Waals surface area (Å²) in [5.74, 6) is 0.502. The van der Waals surface area contributed by atoms with Gasteiger partial charge in [-0.3, -0.25) is 4.79 Å². The van der Waals surface area contributed by atoms with Crippen LogP contribution in [0.1, 0.15) is 18.1 Å². The van der Waals surface area contributed by atoms with Gasteiger partial charge in [-0.15, -0.1) is 11.8 Å². The molecule has 0 aliphatic carbocycles. The van der Waals surface area contributed by atoms with E-state index < -0.39 is 0 Å². The summed E-state index contributed by atoms with van der Waals surface area (Å²) in [6.45, 7) is 6.00. The number of hydrogen-bond donors (Lipinski definition) is 1. The maximum Gasteiger partial charge on any atom is 0.237 e. The number of benzene rings is 2. The van der Waals surface area contributed by atoms with Crippen LogP contribution in [0.2, 0.25) is 5.02 Å². The minimum absolute atomic E-state index is 0.0875. The molecule has 1 unspecified atom stereocenters. The molecule has 0 spiro atoms. The third-order valence-electron chi connectivity index (χ3n) is 3.42. The van der Waals surface area contributed by atoms with E-state index >= 15 is 0 Å². The third-order valence-corrected chi connectivity index (χ3v) is 4.94. The number of methoxy groups -OCH3 is 1. The van der Waals surface area contributed by atoms with Crippen molar-refractivity contribution in [3.05, 3.63) is 52.5 Å². The molecule has 1 amide bonds. The summed E-state index contributed by atoms with van der Waals surface area (Å²) >= 11 is 7.53. The highest BCUT2D eigenvalue weighted by molar-refractivity contribution is 8.00. The van der Waals surface area contributed by atoms with E-state index in [1.807, 2.05) is 6.92 Å². The first-order chi connectivity index (χ1) is 10.9. The second kappa shape index (κ2) is 7.75. The van der Waals surface area contributed by atoms with Gasteiger partial charge in [-0.05, 0) is 50.6 Å². The van der Waals surface area contributed by atoms with Crippen molar-refractivity contribution in [3.8, 4) is 5.75 Å². The molecule has 0 aliphatic rings. The fraction of sp³-hybridized carbons (Fsp3) is 0.278. The predicted octanol–water partition coefficient (Wildman–Crippen LogP) is 5.08. The van der Waals surface area contributed by atoms with E-state index in [1.165, 1.54) is 22.9 Å². The Labute approximate surface area is 146 Å². The van der Waals surface area contributed by atoms with Gasteiger partial charge in [-0.25, -0.2) is 0 Å². The lowest BCUT2D eigenvalue weighted by Gasteiger charge is -2.15. The average Bonchev–Trinajstić information content (AvgIpc) is 2.50. The molecule has 0 heterocycles. The fourth-order valence-electron chi connectivity index (χ4n) is 2.19. The van der Waals surface area contributed by atoms with E-state index in [0.717, 1.165) is 4.90 Å². The predicted molar refractivity (Wildman–Crippen MR) is 97.9 cm³/mol. The normalized spacial score (nSPS) is 11.9. The molecule has 0 radical (unpaired) electrons. The van der Waals surface area contributed by atoms with Crippen LogP contribution in [0.25, 0.3) is 0 Å². The van der Waals surface area contributed by atoms with Crippen LogP contribution in [-0.4, -0.2) is 18.3 Å². The van der Waals surface area contributed by atoms with Crippen LogP contribution in [0.5, 0.6) is 5.75 Å². The molecule has 3 nitrogen and oxygen atoms in total. The van der Waals surface area contributed by atoms with Crippen LogP contribution < -0.4 is 10.1 Å². The molecule has 122 valence electrons. The molecule has 0 aromatic heterocycles. The SMILES string of the molecule is COc1ccc(Cl)cc1NC(=O)C(C)Sc1ccc(C)cc1C. The van der Waals surface area contributed by atoms with E-state index in [9.17, 15) is 4.79 Å². The zero-order valence-corrected chi connectivity index (χ0v) is 15.2. The zero-order chi connectivity index (χ0) is 17.0. The Morgan fingerprint density at radius 3 is 2.61 bits per heavy atom. The number of carbonyl (C=O) groups is 1. The van der Waals surface area contributed by atoms with E-state index in [-0.39, 0.29) is 11.2 Å². The highest BCUT2D eigenvalue weighted by Gasteiger charge is 2.17. The van der Waals surface area contributed by atoms with E-state index in [1.54, 1.807) is 25.3 Å². The lowest BCUT2D eigenvalue weighted by Crippen LogP contribution is -2.22. The summed E-state index contributed by atoms with van der Waals surface area (Å²) in [5, 5.41) is 3.20. The molecule has 1 N–H and O–H groups in total. The van der Waals surface area contributed by atoms with Crippen molar-refractivity contribution in [2.24, 2.45) is 0 Å². The minimum atomic E-state index is -0.236. The summed E-state index contributed by atoms with van der Waals surface area (Å²) in [5.41, 5.74) is 2.97. The number of carbonyl (C=O) groups excluding carboxylic acids is 1. The lowest BCUT2D eigenvalue weighted by atomic mass is 10.2. The molecular formula is C18H20ClNO2S. The van der Waals surface area contributed by atoms with Gasteiger partial charge in [0.05, 0.1) is 18.0 Å².